The van der Waals surface area contributed by atoms with Crippen molar-refractivity contribution in [2.24, 2.45) is 0 Å². The summed E-state index contributed by atoms with van der Waals surface area (Å²) in [5.74, 6) is 0. The molecule has 2 N–H and O–H groups in total. The number of methoxy groups -OCH3 is 1. The summed E-state index contributed by atoms with van der Waals surface area (Å²) >= 11 is 0. The first kappa shape index (κ1) is 22.1. The van der Waals surface area contributed by atoms with Gasteiger partial charge in [-0.25, -0.2) is 0 Å². The summed E-state index contributed by atoms with van der Waals surface area (Å²) in [6, 6.07) is 20.6. The highest BCUT2D eigenvalue weighted by Gasteiger charge is 2.51. The first-order valence-corrected chi connectivity index (χ1v) is 12.0. The van der Waals surface area contributed by atoms with Crippen molar-refractivity contribution >= 4 is 18.7 Å². The van der Waals surface area contributed by atoms with Crippen LogP contribution in [0.3, 0.4) is 0 Å². The highest BCUT2D eigenvalue weighted by atomic mass is 28.4. The van der Waals surface area contributed by atoms with Crippen LogP contribution in [0, 0.1) is 0 Å². The fourth-order valence-electron chi connectivity index (χ4n) is 4.17. The Hall–Kier alpha value is -1.54. The van der Waals surface area contributed by atoms with Gasteiger partial charge in [-0.05, 0) is 15.4 Å². The lowest BCUT2D eigenvalue weighted by Crippen LogP contribution is -2.67. The van der Waals surface area contributed by atoms with Crippen molar-refractivity contribution in [1.82, 2.24) is 0 Å². The number of benzene rings is 2. The van der Waals surface area contributed by atoms with Crippen molar-refractivity contribution in [2.75, 3.05) is 13.7 Å². The van der Waals surface area contributed by atoms with Crippen molar-refractivity contribution in [3.63, 3.8) is 0 Å². The third-order valence-electron chi connectivity index (χ3n) is 5.68. The second-order valence-corrected chi connectivity index (χ2v) is 12.9. The second kappa shape index (κ2) is 9.08. The molecule has 0 radical (unpaired) electrons. The van der Waals surface area contributed by atoms with E-state index in [4.69, 9.17) is 13.9 Å². The van der Waals surface area contributed by atoms with Gasteiger partial charge in [-0.15, -0.1) is 0 Å². The molecular formula is C23H32O5Si. The van der Waals surface area contributed by atoms with Gasteiger partial charge in [-0.1, -0.05) is 81.4 Å². The summed E-state index contributed by atoms with van der Waals surface area (Å²) in [6.07, 6.45) is -2.89. The van der Waals surface area contributed by atoms with E-state index in [-0.39, 0.29) is 18.1 Å². The van der Waals surface area contributed by atoms with Crippen LogP contribution in [0.25, 0.3) is 0 Å². The predicted octanol–water partition coefficient (Wildman–Crippen LogP) is 2.05. The molecule has 1 fully saturated rings. The van der Waals surface area contributed by atoms with Gasteiger partial charge < -0.3 is 24.1 Å². The Bertz CT molecular complexity index is 722. The van der Waals surface area contributed by atoms with E-state index >= 15 is 0 Å². The largest absolute Gasteiger partial charge is 0.405 e. The molecule has 1 aliphatic rings. The first-order valence-electron chi connectivity index (χ1n) is 10.1. The minimum absolute atomic E-state index is 0.172. The van der Waals surface area contributed by atoms with Crippen molar-refractivity contribution in [3.05, 3.63) is 60.7 Å². The molecule has 1 aliphatic heterocycles. The highest BCUT2D eigenvalue weighted by molar-refractivity contribution is 6.99. The van der Waals surface area contributed by atoms with Crippen LogP contribution in [0.4, 0.5) is 0 Å². The fourth-order valence-corrected chi connectivity index (χ4v) is 8.74. The summed E-state index contributed by atoms with van der Waals surface area (Å²) in [5.41, 5.74) is 0. The van der Waals surface area contributed by atoms with E-state index in [1.165, 1.54) is 7.11 Å². The zero-order valence-electron chi connectivity index (χ0n) is 17.6. The smallest absolute Gasteiger partial charge is 0.261 e. The molecule has 2 aromatic carbocycles. The summed E-state index contributed by atoms with van der Waals surface area (Å²) in [4.78, 5) is 0. The molecule has 0 aromatic heterocycles. The van der Waals surface area contributed by atoms with Gasteiger partial charge in [0.15, 0.2) is 6.29 Å². The topological polar surface area (TPSA) is 68.2 Å². The average molecular weight is 417 g/mol. The summed E-state index contributed by atoms with van der Waals surface area (Å²) in [5, 5.41) is 22.9. The van der Waals surface area contributed by atoms with Crippen LogP contribution in [-0.4, -0.2) is 56.8 Å². The number of hydrogen-bond donors (Lipinski definition) is 2. The molecule has 0 aliphatic carbocycles. The molecule has 1 heterocycles. The number of hydrogen-bond acceptors (Lipinski definition) is 5. The molecular weight excluding hydrogens is 384 g/mol. The molecule has 0 unspecified atom stereocenters. The zero-order chi connectivity index (χ0) is 21.1. The third-order valence-corrected chi connectivity index (χ3v) is 10.7. The van der Waals surface area contributed by atoms with E-state index in [1.54, 1.807) is 0 Å². The number of aliphatic hydroxyl groups is 2. The quantitative estimate of drug-likeness (QED) is 0.706. The van der Waals surface area contributed by atoms with Gasteiger partial charge in [0, 0.05) is 13.5 Å². The van der Waals surface area contributed by atoms with E-state index in [2.05, 4.69) is 45.0 Å². The second-order valence-electron chi connectivity index (χ2n) is 8.61. The molecule has 0 spiro atoms. The Balaban J connectivity index is 2.00. The van der Waals surface area contributed by atoms with Gasteiger partial charge in [0.1, 0.15) is 12.2 Å². The van der Waals surface area contributed by atoms with Crippen molar-refractivity contribution in [2.45, 2.75) is 56.8 Å². The molecule has 5 nitrogen and oxygen atoms in total. The van der Waals surface area contributed by atoms with E-state index in [1.807, 2.05) is 36.4 Å². The molecule has 0 saturated carbocycles. The maximum atomic E-state index is 10.5. The molecule has 0 amide bonds. The standard InChI is InChI=1S/C23H32O5Si/c1-23(2,3)29(17-11-7-5-8-12-17,18-13-9-6-10-14-18)27-16-20-22(25)19(24)15-21(26-4)28-20/h5-14,19-22,24-25H,15-16H2,1-4H3/t19-,20+,21-,22-/m0/s1. The Kier molecular flexibility index (Phi) is 6.93. The maximum absolute atomic E-state index is 10.5. The molecule has 158 valence electrons. The Morgan fingerprint density at radius 3 is 1.93 bits per heavy atom. The van der Waals surface area contributed by atoms with Crippen molar-refractivity contribution < 1.29 is 24.1 Å². The van der Waals surface area contributed by atoms with Crippen LogP contribution >= 0.6 is 0 Å². The number of aliphatic hydroxyl groups excluding tert-OH is 2. The van der Waals surface area contributed by atoms with Gasteiger partial charge in [0.25, 0.3) is 8.32 Å². The third kappa shape index (κ3) is 4.48. The van der Waals surface area contributed by atoms with E-state index < -0.39 is 32.9 Å². The van der Waals surface area contributed by atoms with E-state index in [0.29, 0.717) is 0 Å². The Labute approximate surface area is 174 Å². The minimum Gasteiger partial charge on any atom is -0.405 e. The molecule has 1 saturated heterocycles. The van der Waals surface area contributed by atoms with Crippen LogP contribution in [0.1, 0.15) is 27.2 Å². The Morgan fingerprint density at radius 2 is 1.48 bits per heavy atom. The maximum Gasteiger partial charge on any atom is 0.261 e. The highest BCUT2D eigenvalue weighted by Crippen LogP contribution is 2.37. The number of ether oxygens (including phenoxy) is 2. The Morgan fingerprint density at radius 1 is 0.966 bits per heavy atom. The normalized spacial score (nSPS) is 25.7. The van der Waals surface area contributed by atoms with Crippen LogP contribution < -0.4 is 10.4 Å². The lowest BCUT2D eigenvalue weighted by Gasteiger charge is -2.45. The fraction of sp³-hybridized carbons (Fsp3) is 0.478. The summed E-state index contributed by atoms with van der Waals surface area (Å²) in [6.45, 7) is 6.77. The van der Waals surface area contributed by atoms with Crippen LogP contribution in [0.2, 0.25) is 5.04 Å². The molecule has 2 aromatic rings. The van der Waals surface area contributed by atoms with E-state index in [9.17, 15) is 10.2 Å². The monoisotopic (exact) mass is 416 g/mol. The van der Waals surface area contributed by atoms with Crippen molar-refractivity contribution in [3.8, 4) is 0 Å². The van der Waals surface area contributed by atoms with Crippen LogP contribution in [0.5, 0.6) is 0 Å². The average Bonchev–Trinajstić information content (AvgIpc) is 2.72. The van der Waals surface area contributed by atoms with Crippen LogP contribution in [0.15, 0.2) is 60.7 Å². The predicted molar refractivity (Wildman–Crippen MR) is 116 cm³/mol. The first-order chi connectivity index (χ1) is 13.8. The van der Waals surface area contributed by atoms with Gasteiger partial charge in [-0.3, -0.25) is 0 Å². The zero-order valence-corrected chi connectivity index (χ0v) is 18.6. The SMILES string of the molecule is CO[C@@H]1C[C@H](O)[C@H](O)[C@@H](CO[Si](c2ccccc2)(c2ccccc2)C(C)(C)C)O1. The van der Waals surface area contributed by atoms with Gasteiger partial charge in [0.05, 0.1) is 12.7 Å². The molecule has 29 heavy (non-hydrogen) atoms. The van der Waals surface area contributed by atoms with Gasteiger partial charge in [-0.2, -0.15) is 0 Å². The van der Waals surface area contributed by atoms with Crippen LogP contribution in [-0.2, 0) is 13.9 Å². The molecule has 4 atom stereocenters. The lowest BCUT2D eigenvalue weighted by molar-refractivity contribution is -0.247. The van der Waals surface area contributed by atoms with Gasteiger partial charge >= 0.3 is 0 Å². The molecule has 3 rings (SSSR count). The molecule has 6 heteroatoms. The molecule has 0 bridgehead atoms. The van der Waals surface area contributed by atoms with Crippen molar-refractivity contribution in [1.29, 1.82) is 0 Å². The summed E-state index contributed by atoms with van der Waals surface area (Å²) in [7, 11) is -1.19. The lowest BCUT2D eigenvalue weighted by atomic mass is 10.0. The van der Waals surface area contributed by atoms with Gasteiger partial charge in [0.2, 0.25) is 0 Å². The number of rotatable bonds is 6. The minimum atomic E-state index is -2.73. The van der Waals surface area contributed by atoms with E-state index in [0.717, 1.165) is 10.4 Å². The summed E-state index contributed by atoms with van der Waals surface area (Å²) < 4.78 is 17.9.